The van der Waals surface area contributed by atoms with Gasteiger partial charge in [-0.1, -0.05) is 37.6 Å². The maximum absolute atomic E-state index is 13.6. The highest BCUT2D eigenvalue weighted by Crippen LogP contribution is 2.36. The van der Waals surface area contributed by atoms with Gasteiger partial charge in [0.2, 0.25) is 0 Å². The molecule has 156 valence electrons. The van der Waals surface area contributed by atoms with E-state index in [1.807, 2.05) is 13.8 Å². The van der Waals surface area contributed by atoms with Crippen LogP contribution >= 0.6 is 11.6 Å². The number of benzene rings is 2. The molecule has 2 N–H and O–H groups in total. The van der Waals surface area contributed by atoms with Gasteiger partial charge in [0.15, 0.2) is 11.5 Å². The molecule has 0 heterocycles. The number of amides is 2. The Kier molecular flexibility index (Phi) is 8.27. The summed E-state index contributed by atoms with van der Waals surface area (Å²) in [6.45, 7) is 4.77. The fourth-order valence-electron chi connectivity index (χ4n) is 2.44. The van der Waals surface area contributed by atoms with Crippen molar-refractivity contribution in [3.05, 3.63) is 58.4 Å². The summed E-state index contributed by atoms with van der Waals surface area (Å²) in [5.41, 5.74) is 0.247. The molecule has 0 atom stereocenters. The first-order valence-electron chi connectivity index (χ1n) is 9.14. The molecule has 2 aromatic rings. The van der Waals surface area contributed by atoms with Crippen molar-refractivity contribution < 1.29 is 23.5 Å². The molecule has 6 nitrogen and oxygen atoms in total. The standard InChI is InChI=1S/C21H24ClFN2O4/c1-13(2)12-29-19-16(22)10-14(11-18(19)28-3)20(26)24-8-9-25-21(27)15-6-4-5-7-17(15)23/h4-7,10-11,13H,8-9,12H2,1-3H3,(H,24,26)(H,25,27). The fraction of sp³-hybridized carbons (Fsp3) is 0.333. The van der Waals surface area contributed by atoms with E-state index in [4.69, 9.17) is 21.1 Å². The molecule has 8 heteroatoms. The Morgan fingerprint density at radius 2 is 1.76 bits per heavy atom. The Morgan fingerprint density at radius 1 is 1.10 bits per heavy atom. The van der Waals surface area contributed by atoms with Crippen LogP contribution in [0.3, 0.4) is 0 Å². The zero-order chi connectivity index (χ0) is 21.4. The van der Waals surface area contributed by atoms with E-state index in [1.54, 1.807) is 6.07 Å². The molecule has 0 saturated carbocycles. The van der Waals surface area contributed by atoms with E-state index in [0.717, 1.165) is 0 Å². The normalized spacial score (nSPS) is 10.6. The Hall–Kier alpha value is -2.80. The number of carbonyl (C=O) groups is 2. The molecule has 2 rings (SSSR count). The van der Waals surface area contributed by atoms with Crippen LogP contribution in [0.2, 0.25) is 5.02 Å². The molecule has 0 spiro atoms. The summed E-state index contributed by atoms with van der Waals surface area (Å²) in [6, 6.07) is 8.71. The van der Waals surface area contributed by atoms with Crippen LogP contribution in [-0.2, 0) is 0 Å². The van der Waals surface area contributed by atoms with Crippen LogP contribution in [0.15, 0.2) is 36.4 Å². The number of nitrogens with one attached hydrogen (secondary N) is 2. The van der Waals surface area contributed by atoms with Crippen molar-refractivity contribution in [3.8, 4) is 11.5 Å². The number of rotatable bonds is 9. The highest BCUT2D eigenvalue weighted by atomic mass is 35.5. The first-order valence-corrected chi connectivity index (χ1v) is 9.52. The van der Waals surface area contributed by atoms with Gasteiger partial charge in [-0.05, 0) is 30.2 Å². The third-order valence-corrected chi connectivity index (χ3v) is 4.15. The van der Waals surface area contributed by atoms with Crippen LogP contribution in [-0.4, -0.2) is 38.6 Å². The fourth-order valence-corrected chi connectivity index (χ4v) is 2.70. The first kappa shape index (κ1) is 22.5. The van der Waals surface area contributed by atoms with E-state index in [9.17, 15) is 14.0 Å². The Balaban J connectivity index is 1.92. The second kappa shape index (κ2) is 10.7. The molecule has 0 aliphatic heterocycles. The molecular weight excluding hydrogens is 399 g/mol. The lowest BCUT2D eigenvalue weighted by Crippen LogP contribution is -2.35. The number of hydrogen-bond acceptors (Lipinski definition) is 4. The van der Waals surface area contributed by atoms with Crippen molar-refractivity contribution in [1.82, 2.24) is 10.6 Å². The third-order valence-electron chi connectivity index (χ3n) is 3.87. The minimum absolute atomic E-state index is 0.0488. The smallest absolute Gasteiger partial charge is 0.254 e. The lowest BCUT2D eigenvalue weighted by atomic mass is 10.1. The molecule has 0 aliphatic rings. The van der Waals surface area contributed by atoms with Gasteiger partial charge in [0.1, 0.15) is 5.82 Å². The number of carbonyl (C=O) groups excluding carboxylic acids is 2. The summed E-state index contributed by atoms with van der Waals surface area (Å²) in [6.07, 6.45) is 0. The molecule has 0 radical (unpaired) electrons. The second-order valence-electron chi connectivity index (χ2n) is 6.69. The average Bonchev–Trinajstić information content (AvgIpc) is 2.69. The molecule has 2 aromatic carbocycles. The van der Waals surface area contributed by atoms with Gasteiger partial charge >= 0.3 is 0 Å². The molecule has 0 fully saturated rings. The molecule has 2 amide bonds. The molecule has 0 bridgehead atoms. The highest BCUT2D eigenvalue weighted by molar-refractivity contribution is 6.32. The summed E-state index contributed by atoms with van der Waals surface area (Å²) >= 11 is 6.25. The third kappa shape index (κ3) is 6.35. The van der Waals surface area contributed by atoms with E-state index in [1.165, 1.54) is 37.4 Å². The zero-order valence-corrected chi connectivity index (χ0v) is 17.3. The van der Waals surface area contributed by atoms with Crippen molar-refractivity contribution in [2.24, 2.45) is 5.92 Å². The van der Waals surface area contributed by atoms with Gasteiger partial charge in [-0.25, -0.2) is 4.39 Å². The summed E-state index contributed by atoms with van der Waals surface area (Å²) in [5, 5.41) is 5.49. The van der Waals surface area contributed by atoms with Gasteiger partial charge in [0.05, 0.1) is 24.3 Å². The predicted molar refractivity (Wildman–Crippen MR) is 109 cm³/mol. The van der Waals surface area contributed by atoms with Crippen molar-refractivity contribution in [1.29, 1.82) is 0 Å². The maximum atomic E-state index is 13.6. The Labute approximate surface area is 174 Å². The van der Waals surface area contributed by atoms with E-state index in [0.29, 0.717) is 29.6 Å². The highest BCUT2D eigenvalue weighted by Gasteiger charge is 2.16. The van der Waals surface area contributed by atoms with Gasteiger partial charge in [0, 0.05) is 18.7 Å². The summed E-state index contributed by atoms with van der Waals surface area (Å²) in [4.78, 5) is 24.3. The van der Waals surface area contributed by atoms with E-state index >= 15 is 0 Å². The van der Waals surface area contributed by atoms with Crippen LogP contribution in [0.4, 0.5) is 4.39 Å². The van der Waals surface area contributed by atoms with E-state index < -0.39 is 11.7 Å². The average molecular weight is 423 g/mol. The minimum atomic E-state index is -0.601. The van der Waals surface area contributed by atoms with Crippen LogP contribution in [0.5, 0.6) is 11.5 Å². The van der Waals surface area contributed by atoms with Gasteiger partial charge < -0.3 is 20.1 Å². The largest absolute Gasteiger partial charge is 0.493 e. The number of hydrogen-bond donors (Lipinski definition) is 2. The monoisotopic (exact) mass is 422 g/mol. The maximum Gasteiger partial charge on any atom is 0.254 e. The summed E-state index contributed by atoms with van der Waals surface area (Å²) in [5.74, 6) is -0.490. The summed E-state index contributed by atoms with van der Waals surface area (Å²) < 4.78 is 24.5. The van der Waals surface area contributed by atoms with E-state index in [-0.39, 0.29) is 29.6 Å². The lowest BCUT2D eigenvalue weighted by Gasteiger charge is -2.15. The van der Waals surface area contributed by atoms with Gasteiger partial charge in [-0.3, -0.25) is 9.59 Å². The SMILES string of the molecule is COc1cc(C(=O)NCCNC(=O)c2ccccc2F)cc(Cl)c1OCC(C)C. The molecular formula is C21H24ClFN2O4. The lowest BCUT2D eigenvalue weighted by molar-refractivity contribution is 0.0925. The number of halogens is 2. The predicted octanol–water partition coefficient (Wildman–Crippen LogP) is 3.68. The van der Waals surface area contributed by atoms with Crippen molar-refractivity contribution in [2.45, 2.75) is 13.8 Å². The first-order chi connectivity index (χ1) is 13.8. The van der Waals surface area contributed by atoms with E-state index in [2.05, 4.69) is 10.6 Å². The van der Waals surface area contributed by atoms with Gasteiger partial charge in [-0.15, -0.1) is 0 Å². The van der Waals surface area contributed by atoms with Gasteiger partial charge in [0.25, 0.3) is 11.8 Å². The van der Waals surface area contributed by atoms with Crippen molar-refractivity contribution in [3.63, 3.8) is 0 Å². The number of ether oxygens (including phenoxy) is 2. The Bertz CT molecular complexity index is 874. The molecule has 0 aromatic heterocycles. The Morgan fingerprint density at radius 3 is 2.38 bits per heavy atom. The summed E-state index contributed by atoms with van der Waals surface area (Å²) in [7, 11) is 1.47. The molecule has 0 unspecified atom stereocenters. The van der Waals surface area contributed by atoms with Crippen LogP contribution in [0.1, 0.15) is 34.6 Å². The van der Waals surface area contributed by atoms with Gasteiger partial charge in [-0.2, -0.15) is 0 Å². The molecule has 29 heavy (non-hydrogen) atoms. The second-order valence-corrected chi connectivity index (χ2v) is 7.09. The minimum Gasteiger partial charge on any atom is -0.493 e. The molecule has 0 saturated heterocycles. The topological polar surface area (TPSA) is 76.7 Å². The van der Waals surface area contributed by atoms with Crippen molar-refractivity contribution >= 4 is 23.4 Å². The number of methoxy groups -OCH3 is 1. The molecule has 0 aliphatic carbocycles. The zero-order valence-electron chi connectivity index (χ0n) is 16.6. The van der Waals surface area contributed by atoms with Crippen LogP contribution in [0, 0.1) is 11.7 Å². The van der Waals surface area contributed by atoms with Crippen molar-refractivity contribution in [2.75, 3.05) is 26.8 Å². The van der Waals surface area contributed by atoms with Crippen LogP contribution in [0.25, 0.3) is 0 Å². The quantitative estimate of drug-likeness (QED) is 0.604. The van der Waals surface area contributed by atoms with Crippen LogP contribution < -0.4 is 20.1 Å².